The number of rotatable bonds is 11. The lowest BCUT2D eigenvalue weighted by molar-refractivity contribution is 1.17. The van der Waals surface area contributed by atoms with Crippen LogP contribution in [0.25, 0.3) is 149 Å². The second kappa shape index (κ2) is 24.7. The van der Waals surface area contributed by atoms with Crippen LogP contribution in [0.4, 0.5) is 34.1 Å². The second-order valence-corrected chi connectivity index (χ2v) is 28.6. The molecule has 0 bridgehead atoms. The largest absolute Gasteiger partial charge is 0.310 e. The van der Waals surface area contributed by atoms with Gasteiger partial charge in [-0.1, -0.05) is 309 Å². The molecule has 2 aliphatic heterocycles. The van der Waals surface area contributed by atoms with Crippen molar-refractivity contribution in [2.75, 3.05) is 9.80 Å². The third-order valence-electron chi connectivity index (χ3n) is 22.8. The molecule has 20 aromatic rings. The van der Waals surface area contributed by atoms with E-state index in [9.17, 15) is 0 Å². The van der Waals surface area contributed by atoms with Crippen molar-refractivity contribution in [3.05, 3.63) is 400 Å². The summed E-state index contributed by atoms with van der Waals surface area (Å²) in [5.74, 6) is 0. The molecule has 22 rings (SSSR count). The van der Waals surface area contributed by atoms with Crippen molar-refractivity contribution < 1.29 is 0 Å². The van der Waals surface area contributed by atoms with E-state index in [1.165, 1.54) is 70.8 Å². The highest BCUT2D eigenvalue weighted by molar-refractivity contribution is 7.00. The van der Waals surface area contributed by atoms with E-state index in [0.717, 1.165) is 129 Å². The summed E-state index contributed by atoms with van der Waals surface area (Å²) in [6.07, 6.45) is 0. The number of anilines is 6. The summed E-state index contributed by atoms with van der Waals surface area (Å²) >= 11 is 0. The van der Waals surface area contributed by atoms with Gasteiger partial charge >= 0.3 is 0 Å². The molecule has 6 heteroatoms. The normalized spacial score (nSPS) is 12.4. The van der Waals surface area contributed by atoms with Crippen molar-refractivity contribution in [2.45, 2.75) is 0 Å². The van der Waals surface area contributed by atoms with Crippen molar-refractivity contribution in [1.29, 1.82) is 0 Å². The predicted octanol–water partition coefficient (Wildman–Crippen LogP) is 25.1. The van der Waals surface area contributed by atoms with E-state index in [-0.39, 0.29) is 6.71 Å². The highest BCUT2D eigenvalue weighted by Crippen LogP contribution is 2.55. The first kappa shape index (κ1) is 61.3. The molecule has 0 saturated carbocycles. The van der Waals surface area contributed by atoms with Gasteiger partial charge in [0.1, 0.15) is 0 Å². The summed E-state index contributed by atoms with van der Waals surface area (Å²) in [5, 5.41) is 7.39. The number of para-hydroxylation sites is 8. The molecule has 0 atom stereocenters. The molecule has 0 radical (unpaired) electrons. The van der Waals surface area contributed by atoms with Crippen molar-refractivity contribution >= 4 is 123 Å². The van der Waals surface area contributed by atoms with Crippen LogP contribution in [0.15, 0.2) is 400 Å². The van der Waals surface area contributed by atoms with Gasteiger partial charge in [0.25, 0.3) is 6.71 Å². The molecule has 0 fully saturated rings. The highest BCUT2D eigenvalue weighted by Gasteiger charge is 2.46. The lowest BCUT2D eigenvalue weighted by Gasteiger charge is -2.46. The van der Waals surface area contributed by atoms with Crippen LogP contribution in [0.1, 0.15) is 0 Å². The lowest BCUT2D eigenvalue weighted by Crippen LogP contribution is -2.61. The van der Waals surface area contributed by atoms with E-state index in [1.54, 1.807) is 0 Å². The fourth-order valence-corrected chi connectivity index (χ4v) is 18.1. The van der Waals surface area contributed by atoms with Crippen LogP contribution in [-0.4, -0.2) is 20.4 Å². The molecular weight excluding hydrogens is 1310 g/mol. The monoisotopic (exact) mass is 1370 g/mol. The first-order valence-corrected chi connectivity index (χ1v) is 37.3. The number of hydrogen-bond donors (Lipinski definition) is 0. The Labute approximate surface area is 626 Å². The molecule has 0 N–H and O–H groups in total. The number of nitrogens with zero attached hydrogens (tertiary/aromatic N) is 5. The van der Waals surface area contributed by atoms with Crippen molar-refractivity contribution in [3.8, 4) is 83.8 Å². The number of hydrogen-bond acceptors (Lipinski definition) is 2. The fourth-order valence-electron chi connectivity index (χ4n) is 18.1. The third kappa shape index (κ3) is 9.53. The van der Waals surface area contributed by atoms with Crippen molar-refractivity contribution in [3.63, 3.8) is 0 Å². The average Bonchev–Trinajstić information content (AvgIpc) is 0.763. The Bertz CT molecular complexity index is 6700. The Kier molecular flexibility index (Phi) is 14.0. The molecule has 108 heavy (non-hydrogen) atoms. The molecule has 5 heterocycles. The second-order valence-electron chi connectivity index (χ2n) is 28.6. The maximum Gasteiger partial charge on any atom is 0.252 e. The Morgan fingerprint density at radius 1 is 0.176 bits per heavy atom. The molecule has 0 aliphatic carbocycles. The van der Waals surface area contributed by atoms with Crippen LogP contribution >= 0.6 is 0 Å². The minimum Gasteiger partial charge on any atom is -0.310 e. The van der Waals surface area contributed by atoms with Gasteiger partial charge in [0, 0.05) is 94.4 Å². The average molecular weight is 1370 g/mol. The van der Waals surface area contributed by atoms with Gasteiger partial charge in [-0.25, -0.2) is 0 Å². The molecule has 3 aromatic heterocycles. The van der Waals surface area contributed by atoms with E-state index in [0.29, 0.717) is 0 Å². The van der Waals surface area contributed by atoms with Crippen LogP contribution in [-0.2, 0) is 0 Å². The van der Waals surface area contributed by atoms with Gasteiger partial charge < -0.3 is 23.5 Å². The number of aromatic nitrogens is 3. The zero-order valence-corrected chi connectivity index (χ0v) is 58.9. The molecule has 0 spiro atoms. The maximum atomic E-state index is 2.68. The molecule has 0 unspecified atom stereocenters. The van der Waals surface area contributed by atoms with Gasteiger partial charge in [0.15, 0.2) is 0 Å². The van der Waals surface area contributed by atoms with E-state index >= 15 is 0 Å². The number of fused-ring (bicyclic) bond motifs is 13. The fraction of sp³-hybridized carbons (Fsp3) is 0. The molecule has 0 amide bonds. The summed E-state index contributed by atoms with van der Waals surface area (Å²) in [4.78, 5) is 5.36. The Morgan fingerprint density at radius 2 is 0.444 bits per heavy atom. The maximum absolute atomic E-state index is 2.68. The lowest BCUT2D eigenvalue weighted by atomic mass is 9.33. The van der Waals surface area contributed by atoms with Gasteiger partial charge in [-0.2, -0.15) is 0 Å². The highest BCUT2D eigenvalue weighted by atomic mass is 15.2. The van der Waals surface area contributed by atoms with Crippen LogP contribution in [0, 0.1) is 0 Å². The van der Waals surface area contributed by atoms with Gasteiger partial charge in [-0.15, -0.1) is 0 Å². The van der Waals surface area contributed by atoms with E-state index in [1.807, 2.05) is 0 Å². The standard InChI is InChI=1S/C102H66BN5/c1-5-27-69(28-6-1)78-41-25-42-79(70-29-7-2-8-30-70)101(78)107-96-63-73(67-51-56-75(57-52-67)104-90-45-19-13-35-82(90)83-36-14-20-46-91(83)104)55-61-88(96)103-89-62-60-77(106-94-49-23-17-39-86(94)87-40-18-24-50-95(87)106)66-97(89)108(102-80(71-31-9-3-10-32-71)43-26-44-81(102)72-33-11-4-12-34-72)99-65-74(64-98(107)100(99)103)68-53-58-76(59-54-68)105-92-47-21-15-37-84(92)85-38-16-22-48-93(85)105/h1-66H. The van der Waals surface area contributed by atoms with Gasteiger partial charge in [0.2, 0.25) is 0 Å². The number of benzene rings is 17. The zero-order chi connectivity index (χ0) is 70.9. The molecule has 17 aromatic carbocycles. The van der Waals surface area contributed by atoms with Crippen LogP contribution in [0.2, 0.25) is 0 Å². The van der Waals surface area contributed by atoms with Gasteiger partial charge in [-0.3, -0.25) is 0 Å². The molecule has 502 valence electrons. The summed E-state index contributed by atoms with van der Waals surface area (Å²) in [5.41, 5.74) is 34.1. The summed E-state index contributed by atoms with van der Waals surface area (Å²) in [6, 6.07) is 149. The Hall–Kier alpha value is -14.2. The van der Waals surface area contributed by atoms with E-state index < -0.39 is 0 Å². The van der Waals surface area contributed by atoms with Crippen LogP contribution in [0.5, 0.6) is 0 Å². The molecular formula is C102H66BN5. The van der Waals surface area contributed by atoms with Gasteiger partial charge in [-0.05, 0) is 152 Å². The summed E-state index contributed by atoms with van der Waals surface area (Å²) in [7, 11) is 0. The van der Waals surface area contributed by atoms with Crippen molar-refractivity contribution in [2.24, 2.45) is 0 Å². The first-order valence-electron chi connectivity index (χ1n) is 37.3. The first-order chi connectivity index (χ1) is 53.6. The van der Waals surface area contributed by atoms with E-state index in [2.05, 4.69) is 424 Å². The molecule has 5 nitrogen and oxygen atoms in total. The minimum absolute atomic E-state index is 0.258. The summed E-state index contributed by atoms with van der Waals surface area (Å²) in [6.45, 7) is -0.258. The smallest absolute Gasteiger partial charge is 0.252 e. The Balaban J connectivity index is 0.864. The van der Waals surface area contributed by atoms with Crippen molar-refractivity contribution in [1.82, 2.24) is 13.7 Å². The third-order valence-corrected chi connectivity index (χ3v) is 22.8. The topological polar surface area (TPSA) is 21.3 Å². The van der Waals surface area contributed by atoms with Crippen LogP contribution < -0.4 is 26.2 Å². The van der Waals surface area contributed by atoms with E-state index in [4.69, 9.17) is 0 Å². The minimum atomic E-state index is -0.258. The SMILES string of the molecule is c1ccc(-c2cccc(-c3ccccc3)c2N2c3cc(-c4ccc(-n5c6ccccc6c6ccccc65)cc4)ccc3B3c4ccc(-n5c6ccccc6c6ccccc65)cc4N(c4c(-c5ccccc5)cccc4-c4ccccc4)c4cc(-c5ccc(-n6c7ccccc7c7ccccc76)cc5)cc2c43)cc1. The zero-order valence-electron chi connectivity index (χ0n) is 58.9. The predicted molar refractivity (Wildman–Crippen MR) is 456 cm³/mol. The quantitative estimate of drug-likeness (QED) is 0.120. The van der Waals surface area contributed by atoms with Gasteiger partial charge in [0.05, 0.1) is 44.5 Å². The molecule has 2 aliphatic rings. The molecule has 0 saturated heterocycles. The summed E-state index contributed by atoms with van der Waals surface area (Å²) < 4.78 is 7.33. The Morgan fingerprint density at radius 3 is 0.796 bits per heavy atom. The van der Waals surface area contributed by atoms with Crippen LogP contribution in [0.3, 0.4) is 0 Å².